The Kier molecular flexibility index (Phi) is 5.33. The summed E-state index contributed by atoms with van der Waals surface area (Å²) in [5.74, 6) is 0.793. The summed E-state index contributed by atoms with van der Waals surface area (Å²) in [5, 5.41) is 2.98. The van der Waals surface area contributed by atoms with Crippen LogP contribution in [0.5, 0.6) is 5.75 Å². The molecule has 1 fully saturated rings. The van der Waals surface area contributed by atoms with Gasteiger partial charge < -0.3 is 10.1 Å². The molecule has 150 valence electrons. The lowest BCUT2D eigenvalue weighted by molar-refractivity contribution is -0.141. The number of hydrogen-bond donors (Lipinski definition) is 1. The highest BCUT2D eigenvalue weighted by molar-refractivity contribution is 5.56. The maximum absolute atomic E-state index is 13.3. The highest BCUT2D eigenvalue weighted by Gasteiger charge is 2.34. The van der Waals surface area contributed by atoms with E-state index in [1.54, 1.807) is 12.1 Å². The van der Waals surface area contributed by atoms with E-state index in [9.17, 15) is 13.2 Å². The Hall–Kier alpha value is -3.16. The summed E-state index contributed by atoms with van der Waals surface area (Å²) in [5.41, 5.74) is 0.262. The molecule has 1 N–H and O–H groups in total. The van der Waals surface area contributed by atoms with Gasteiger partial charge in [0.05, 0.1) is 6.10 Å². The lowest BCUT2D eigenvalue weighted by Gasteiger charge is -2.27. The summed E-state index contributed by atoms with van der Waals surface area (Å²) in [6.45, 7) is 0.281. The third-order valence-electron chi connectivity index (χ3n) is 4.71. The fourth-order valence-electron chi connectivity index (χ4n) is 2.93. The number of aromatic nitrogens is 3. The highest BCUT2D eigenvalue weighted by atomic mass is 19.4. The van der Waals surface area contributed by atoms with Gasteiger partial charge in [-0.05, 0) is 37.5 Å². The molecule has 5 nitrogen and oxygen atoms in total. The van der Waals surface area contributed by atoms with Crippen LogP contribution in [0.1, 0.15) is 30.5 Å². The van der Waals surface area contributed by atoms with Gasteiger partial charge in [0.25, 0.3) is 0 Å². The Balaban J connectivity index is 1.59. The van der Waals surface area contributed by atoms with Crippen LogP contribution in [0, 0.1) is 0 Å². The summed E-state index contributed by atoms with van der Waals surface area (Å²) in [7, 11) is 0. The highest BCUT2D eigenvalue weighted by Crippen LogP contribution is 2.31. The molecule has 0 aliphatic heterocycles. The number of rotatable bonds is 6. The molecule has 1 aromatic carbocycles. The number of nitrogens with one attached hydrogen (secondary N) is 1. The van der Waals surface area contributed by atoms with E-state index < -0.39 is 11.9 Å². The van der Waals surface area contributed by atoms with Gasteiger partial charge in [-0.1, -0.05) is 18.2 Å². The molecule has 0 unspecified atom stereocenters. The van der Waals surface area contributed by atoms with Crippen molar-refractivity contribution in [2.75, 3.05) is 5.32 Å². The molecule has 0 amide bonds. The molecule has 0 bridgehead atoms. The number of nitrogens with zero attached hydrogens (tertiary/aromatic N) is 3. The lowest BCUT2D eigenvalue weighted by Crippen LogP contribution is -2.25. The Morgan fingerprint density at radius 3 is 2.59 bits per heavy atom. The Bertz CT molecular complexity index is 975. The van der Waals surface area contributed by atoms with Crippen LogP contribution in [0.15, 0.2) is 54.9 Å². The molecule has 29 heavy (non-hydrogen) atoms. The van der Waals surface area contributed by atoms with Gasteiger partial charge in [0.15, 0.2) is 11.5 Å². The number of pyridine rings is 1. The van der Waals surface area contributed by atoms with Crippen molar-refractivity contribution in [2.24, 2.45) is 0 Å². The largest absolute Gasteiger partial charge is 0.490 e. The smallest absolute Gasteiger partial charge is 0.433 e. The van der Waals surface area contributed by atoms with Crippen LogP contribution in [0.2, 0.25) is 0 Å². The zero-order chi connectivity index (χ0) is 20.3. The fraction of sp³-hybridized carbons (Fsp3) is 0.286. The average Bonchev–Trinajstić information content (AvgIpc) is 2.69. The first-order valence-corrected chi connectivity index (χ1v) is 9.34. The number of para-hydroxylation sites is 1. The molecule has 3 aromatic rings. The van der Waals surface area contributed by atoms with E-state index >= 15 is 0 Å². The van der Waals surface area contributed by atoms with Crippen molar-refractivity contribution in [1.29, 1.82) is 0 Å². The zero-order valence-electron chi connectivity index (χ0n) is 15.5. The predicted octanol–water partition coefficient (Wildman–Crippen LogP) is 5.10. The first-order chi connectivity index (χ1) is 14.0. The van der Waals surface area contributed by atoms with Crippen molar-refractivity contribution in [3.63, 3.8) is 0 Å². The van der Waals surface area contributed by atoms with Crippen LogP contribution in [-0.4, -0.2) is 21.1 Å². The maximum atomic E-state index is 13.3. The summed E-state index contributed by atoms with van der Waals surface area (Å²) >= 11 is 0. The van der Waals surface area contributed by atoms with Crippen LogP contribution in [0.25, 0.3) is 11.4 Å². The van der Waals surface area contributed by atoms with Crippen LogP contribution >= 0.6 is 0 Å². The molecule has 1 aliphatic carbocycles. The third kappa shape index (κ3) is 4.64. The summed E-state index contributed by atoms with van der Waals surface area (Å²) in [6, 6.07) is 11.7. The van der Waals surface area contributed by atoms with Crippen molar-refractivity contribution in [3.05, 3.63) is 66.1 Å². The second kappa shape index (κ2) is 8.06. The van der Waals surface area contributed by atoms with E-state index in [2.05, 4.69) is 20.3 Å². The molecule has 1 aliphatic rings. The number of benzene rings is 1. The van der Waals surface area contributed by atoms with Crippen molar-refractivity contribution >= 4 is 5.82 Å². The number of hydrogen-bond acceptors (Lipinski definition) is 5. The second-order valence-corrected chi connectivity index (χ2v) is 6.83. The van der Waals surface area contributed by atoms with E-state index in [4.69, 9.17) is 4.74 Å². The molecule has 0 atom stereocenters. The molecule has 0 radical (unpaired) electrons. The van der Waals surface area contributed by atoms with Crippen molar-refractivity contribution in [1.82, 2.24) is 15.0 Å². The molecule has 1 saturated carbocycles. The first-order valence-electron chi connectivity index (χ1n) is 9.34. The third-order valence-corrected chi connectivity index (χ3v) is 4.71. The van der Waals surface area contributed by atoms with Crippen LogP contribution in [0.3, 0.4) is 0 Å². The van der Waals surface area contributed by atoms with Gasteiger partial charge in [-0.25, -0.2) is 9.97 Å². The molecule has 4 rings (SSSR count). The lowest BCUT2D eigenvalue weighted by atomic mass is 9.96. The van der Waals surface area contributed by atoms with E-state index in [0.717, 1.165) is 36.6 Å². The van der Waals surface area contributed by atoms with Crippen molar-refractivity contribution < 1.29 is 17.9 Å². The molecule has 0 saturated heterocycles. The minimum atomic E-state index is -4.58. The molecular formula is C21H19F3N4O. The Morgan fingerprint density at radius 2 is 1.90 bits per heavy atom. The molecule has 2 aromatic heterocycles. The summed E-state index contributed by atoms with van der Waals surface area (Å²) < 4.78 is 46.0. The van der Waals surface area contributed by atoms with E-state index in [-0.39, 0.29) is 24.3 Å². The first kappa shape index (κ1) is 19.2. The molecular weight excluding hydrogens is 381 g/mol. The summed E-state index contributed by atoms with van der Waals surface area (Å²) in [4.78, 5) is 11.8. The van der Waals surface area contributed by atoms with Gasteiger partial charge in [-0.2, -0.15) is 13.2 Å². The van der Waals surface area contributed by atoms with Gasteiger partial charge in [-0.3, -0.25) is 4.98 Å². The van der Waals surface area contributed by atoms with Crippen molar-refractivity contribution in [3.8, 4) is 17.1 Å². The van der Waals surface area contributed by atoms with Crippen LogP contribution in [0.4, 0.5) is 19.0 Å². The van der Waals surface area contributed by atoms with Gasteiger partial charge in [-0.15, -0.1) is 0 Å². The Labute approximate surface area is 166 Å². The maximum Gasteiger partial charge on any atom is 0.433 e. The number of halogens is 3. The minimum Gasteiger partial charge on any atom is -0.490 e. The molecule has 8 heteroatoms. The Morgan fingerprint density at radius 1 is 1.07 bits per heavy atom. The van der Waals surface area contributed by atoms with Gasteiger partial charge >= 0.3 is 6.18 Å². The molecule has 2 heterocycles. The normalized spacial score (nSPS) is 14.3. The number of anilines is 1. The number of ether oxygens (including phenoxy) is 1. The van der Waals surface area contributed by atoms with Gasteiger partial charge in [0.1, 0.15) is 11.6 Å². The minimum absolute atomic E-state index is 0.0329. The zero-order valence-corrected chi connectivity index (χ0v) is 15.5. The van der Waals surface area contributed by atoms with Crippen LogP contribution in [-0.2, 0) is 12.7 Å². The van der Waals surface area contributed by atoms with Crippen LogP contribution < -0.4 is 10.1 Å². The van der Waals surface area contributed by atoms with Gasteiger partial charge in [0.2, 0.25) is 0 Å². The quantitative estimate of drug-likeness (QED) is 0.624. The van der Waals surface area contributed by atoms with E-state index in [1.807, 2.05) is 24.3 Å². The fourth-order valence-corrected chi connectivity index (χ4v) is 2.93. The van der Waals surface area contributed by atoms with E-state index in [1.165, 1.54) is 12.4 Å². The SMILES string of the molecule is FC(F)(F)c1cc(NCc2ccccc2OC2CCC2)nc(-c2cccnc2)n1. The monoisotopic (exact) mass is 400 g/mol. The standard InChI is InChI=1S/C21H19F3N4O/c22-21(23,24)18-11-19(28-20(27-18)15-6-4-10-25-12-15)26-13-14-5-1-2-9-17(14)29-16-7-3-8-16/h1-2,4-6,9-12,16H,3,7-8,13H2,(H,26,27,28). The van der Waals surface area contributed by atoms with Crippen molar-refractivity contribution in [2.45, 2.75) is 38.1 Å². The predicted molar refractivity (Wildman–Crippen MR) is 102 cm³/mol. The topological polar surface area (TPSA) is 59.9 Å². The van der Waals surface area contributed by atoms with Gasteiger partial charge in [0, 0.05) is 36.1 Å². The second-order valence-electron chi connectivity index (χ2n) is 6.83. The summed E-state index contributed by atoms with van der Waals surface area (Å²) in [6.07, 6.45) is 1.80. The molecule has 0 spiro atoms. The average molecular weight is 400 g/mol. The number of alkyl halides is 3. The van der Waals surface area contributed by atoms with E-state index in [0.29, 0.717) is 5.56 Å².